The maximum Gasteiger partial charge on any atom is 0.251 e. The van der Waals surface area contributed by atoms with Gasteiger partial charge in [-0.25, -0.2) is 0 Å². The van der Waals surface area contributed by atoms with Gasteiger partial charge in [0.15, 0.2) is 0 Å². The number of fused-ring (bicyclic) bond motifs is 1. The van der Waals surface area contributed by atoms with Gasteiger partial charge in [0.25, 0.3) is 5.91 Å². The molecule has 4 N–H and O–H groups in total. The summed E-state index contributed by atoms with van der Waals surface area (Å²) in [5.74, 6) is -0.164. The molecule has 98 valence electrons. The SMILES string of the molecule is NC(CCNC(=O)c1ccc2nccnc2c1)=NO. The minimum atomic E-state index is -0.238. The quantitative estimate of drug-likeness (QED) is 0.320. The molecule has 1 aromatic heterocycles. The van der Waals surface area contributed by atoms with Crippen LogP contribution < -0.4 is 11.1 Å². The number of nitrogens with two attached hydrogens (primary N) is 1. The maximum atomic E-state index is 11.9. The lowest BCUT2D eigenvalue weighted by Gasteiger charge is -2.05. The van der Waals surface area contributed by atoms with E-state index >= 15 is 0 Å². The Morgan fingerprint density at radius 1 is 1.32 bits per heavy atom. The number of amides is 1. The largest absolute Gasteiger partial charge is 0.409 e. The molecule has 0 spiro atoms. The molecule has 1 aromatic carbocycles. The zero-order valence-electron chi connectivity index (χ0n) is 10.1. The molecule has 2 aromatic rings. The lowest BCUT2D eigenvalue weighted by atomic mass is 10.2. The standard InChI is InChI=1S/C12H13N5O2/c13-11(17-19)3-4-16-12(18)8-1-2-9-10(7-8)15-6-5-14-9/h1-2,5-7,19H,3-4H2,(H2,13,17)(H,16,18). The first-order valence-corrected chi connectivity index (χ1v) is 5.66. The number of carbonyl (C=O) groups is 1. The Bertz CT molecular complexity index is 626. The Hall–Kier alpha value is -2.70. The van der Waals surface area contributed by atoms with Gasteiger partial charge in [0.05, 0.1) is 11.0 Å². The average Bonchev–Trinajstić information content (AvgIpc) is 2.46. The number of oxime groups is 1. The minimum absolute atomic E-state index is 0.0738. The topological polar surface area (TPSA) is 113 Å². The Morgan fingerprint density at radius 2 is 2.05 bits per heavy atom. The number of aromatic nitrogens is 2. The zero-order chi connectivity index (χ0) is 13.7. The van der Waals surface area contributed by atoms with Crippen LogP contribution in [0, 0.1) is 0 Å². The van der Waals surface area contributed by atoms with E-state index in [0.29, 0.717) is 17.6 Å². The van der Waals surface area contributed by atoms with Gasteiger partial charge in [-0.2, -0.15) is 0 Å². The van der Waals surface area contributed by atoms with Crippen molar-refractivity contribution >= 4 is 22.8 Å². The molecule has 0 atom stereocenters. The van der Waals surface area contributed by atoms with Crippen LogP contribution in [0.5, 0.6) is 0 Å². The van der Waals surface area contributed by atoms with E-state index in [1.807, 2.05) is 0 Å². The molecule has 0 unspecified atom stereocenters. The number of nitrogens with one attached hydrogen (secondary N) is 1. The summed E-state index contributed by atoms with van der Waals surface area (Å²) in [7, 11) is 0. The van der Waals surface area contributed by atoms with Gasteiger partial charge in [-0.1, -0.05) is 5.16 Å². The van der Waals surface area contributed by atoms with E-state index in [9.17, 15) is 4.79 Å². The predicted octanol–water partition coefficient (Wildman–Crippen LogP) is 0.496. The highest BCUT2D eigenvalue weighted by Crippen LogP contribution is 2.10. The highest BCUT2D eigenvalue weighted by molar-refractivity contribution is 5.97. The molecule has 0 aliphatic rings. The fourth-order valence-corrected chi connectivity index (χ4v) is 1.56. The first-order valence-electron chi connectivity index (χ1n) is 5.66. The molecule has 7 nitrogen and oxygen atoms in total. The molecule has 19 heavy (non-hydrogen) atoms. The van der Waals surface area contributed by atoms with E-state index in [0.717, 1.165) is 5.52 Å². The fourth-order valence-electron chi connectivity index (χ4n) is 1.56. The fraction of sp³-hybridized carbons (Fsp3) is 0.167. The summed E-state index contributed by atoms with van der Waals surface area (Å²) in [6, 6.07) is 5.08. The smallest absolute Gasteiger partial charge is 0.251 e. The normalized spacial score (nSPS) is 11.5. The van der Waals surface area contributed by atoms with Crippen LogP contribution in [0.2, 0.25) is 0 Å². The number of carbonyl (C=O) groups excluding carboxylic acids is 1. The second kappa shape index (κ2) is 5.76. The second-order valence-corrected chi connectivity index (χ2v) is 3.86. The molecule has 0 bridgehead atoms. The number of nitrogens with zero attached hydrogens (tertiary/aromatic N) is 3. The molecule has 7 heteroatoms. The number of amidine groups is 1. The van der Waals surface area contributed by atoms with Crippen LogP contribution >= 0.6 is 0 Å². The van der Waals surface area contributed by atoms with Gasteiger partial charge < -0.3 is 16.3 Å². The summed E-state index contributed by atoms with van der Waals surface area (Å²) in [6.07, 6.45) is 3.46. The van der Waals surface area contributed by atoms with Crippen LogP contribution in [0.1, 0.15) is 16.8 Å². The van der Waals surface area contributed by atoms with E-state index in [1.54, 1.807) is 30.6 Å². The van der Waals surface area contributed by atoms with Gasteiger partial charge in [0.2, 0.25) is 0 Å². The molecule has 0 radical (unpaired) electrons. The number of benzene rings is 1. The van der Waals surface area contributed by atoms with Crippen molar-refractivity contribution in [1.29, 1.82) is 0 Å². The van der Waals surface area contributed by atoms with Gasteiger partial charge in [-0.15, -0.1) is 0 Å². The minimum Gasteiger partial charge on any atom is -0.409 e. The van der Waals surface area contributed by atoms with Gasteiger partial charge in [0.1, 0.15) is 5.84 Å². The molecule has 0 saturated carbocycles. The van der Waals surface area contributed by atoms with Crippen molar-refractivity contribution in [3.8, 4) is 0 Å². The van der Waals surface area contributed by atoms with Crippen molar-refractivity contribution in [2.45, 2.75) is 6.42 Å². The highest BCUT2D eigenvalue weighted by atomic mass is 16.4. The second-order valence-electron chi connectivity index (χ2n) is 3.86. The van der Waals surface area contributed by atoms with Gasteiger partial charge in [0, 0.05) is 30.9 Å². The monoisotopic (exact) mass is 259 g/mol. The molecule has 1 heterocycles. The van der Waals surface area contributed by atoms with E-state index in [1.165, 1.54) is 0 Å². The summed E-state index contributed by atoms with van der Waals surface area (Å²) >= 11 is 0. The molecule has 0 fully saturated rings. The number of rotatable bonds is 4. The lowest BCUT2D eigenvalue weighted by Crippen LogP contribution is -2.28. The summed E-state index contributed by atoms with van der Waals surface area (Å²) in [4.78, 5) is 20.1. The Balaban J connectivity index is 2.05. The van der Waals surface area contributed by atoms with Crippen molar-refractivity contribution in [3.63, 3.8) is 0 Å². The third-order valence-electron chi connectivity index (χ3n) is 2.53. The maximum absolute atomic E-state index is 11.9. The van der Waals surface area contributed by atoms with Crippen molar-refractivity contribution in [2.24, 2.45) is 10.9 Å². The molecular formula is C12H13N5O2. The van der Waals surface area contributed by atoms with Crippen molar-refractivity contribution in [3.05, 3.63) is 36.2 Å². The van der Waals surface area contributed by atoms with Crippen LogP contribution in [-0.2, 0) is 0 Å². The molecular weight excluding hydrogens is 246 g/mol. The van der Waals surface area contributed by atoms with Crippen LogP contribution in [0.15, 0.2) is 35.7 Å². The molecule has 2 rings (SSSR count). The van der Waals surface area contributed by atoms with E-state index < -0.39 is 0 Å². The molecule has 0 aliphatic heterocycles. The highest BCUT2D eigenvalue weighted by Gasteiger charge is 2.06. The van der Waals surface area contributed by atoms with Gasteiger partial charge in [-0.3, -0.25) is 14.8 Å². The van der Waals surface area contributed by atoms with Gasteiger partial charge >= 0.3 is 0 Å². The Labute approximate surface area is 109 Å². The summed E-state index contributed by atoms with van der Waals surface area (Å²) in [5, 5.41) is 13.9. The van der Waals surface area contributed by atoms with Crippen molar-refractivity contribution in [1.82, 2.24) is 15.3 Å². The van der Waals surface area contributed by atoms with Crippen LogP contribution in [-0.4, -0.2) is 33.5 Å². The predicted molar refractivity (Wildman–Crippen MR) is 69.9 cm³/mol. The first-order chi connectivity index (χ1) is 9.20. The van der Waals surface area contributed by atoms with Crippen LogP contribution in [0.3, 0.4) is 0 Å². The summed E-state index contributed by atoms with van der Waals surface area (Å²) < 4.78 is 0. The zero-order valence-corrected chi connectivity index (χ0v) is 10.1. The van der Waals surface area contributed by atoms with E-state index in [4.69, 9.17) is 10.9 Å². The third-order valence-corrected chi connectivity index (χ3v) is 2.53. The Morgan fingerprint density at radius 3 is 2.79 bits per heavy atom. The first kappa shape index (κ1) is 12.7. The molecule has 1 amide bonds. The summed E-state index contributed by atoms with van der Waals surface area (Å²) in [6.45, 7) is 0.299. The van der Waals surface area contributed by atoms with E-state index in [-0.39, 0.29) is 18.2 Å². The van der Waals surface area contributed by atoms with Crippen LogP contribution in [0.25, 0.3) is 11.0 Å². The summed E-state index contributed by atoms with van der Waals surface area (Å²) in [5.41, 5.74) is 7.19. The van der Waals surface area contributed by atoms with Crippen molar-refractivity contribution < 1.29 is 10.0 Å². The van der Waals surface area contributed by atoms with Gasteiger partial charge in [-0.05, 0) is 18.2 Å². The lowest BCUT2D eigenvalue weighted by molar-refractivity contribution is 0.0955. The average molecular weight is 259 g/mol. The Kier molecular flexibility index (Phi) is 3.87. The third kappa shape index (κ3) is 3.15. The molecule has 0 saturated heterocycles. The van der Waals surface area contributed by atoms with Crippen LogP contribution in [0.4, 0.5) is 0 Å². The van der Waals surface area contributed by atoms with E-state index in [2.05, 4.69) is 20.4 Å². The van der Waals surface area contributed by atoms with Crippen molar-refractivity contribution in [2.75, 3.05) is 6.54 Å². The number of hydrogen-bond acceptors (Lipinski definition) is 5. The molecule has 0 aliphatic carbocycles. The number of hydrogen-bond donors (Lipinski definition) is 3.